The van der Waals surface area contributed by atoms with Crippen molar-refractivity contribution in [2.24, 2.45) is 4.99 Å². The van der Waals surface area contributed by atoms with Crippen molar-refractivity contribution in [1.29, 1.82) is 0 Å². The Morgan fingerprint density at radius 1 is 1.19 bits per heavy atom. The smallest absolute Gasteiger partial charge is 0.269 e. The number of hydrogen-bond donors (Lipinski definition) is 0. The van der Waals surface area contributed by atoms with Crippen LogP contribution >= 0.6 is 56.9 Å². The molecule has 1 aliphatic rings. The predicted molar refractivity (Wildman–Crippen MR) is 140 cm³/mol. The van der Waals surface area contributed by atoms with Gasteiger partial charge in [0.05, 0.1) is 17.0 Å². The van der Waals surface area contributed by atoms with Crippen LogP contribution in [-0.2, 0) is 11.4 Å². The van der Waals surface area contributed by atoms with Crippen LogP contribution in [0.3, 0.4) is 0 Å². The third-order valence-electron chi connectivity index (χ3n) is 4.35. The molecule has 0 radical (unpaired) electrons. The molecule has 0 aliphatic carbocycles. The van der Waals surface area contributed by atoms with Gasteiger partial charge in [-0.2, -0.15) is 0 Å². The first-order valence-electron chi connectivity index (χ1n) is 9.45. The molecule has 1 fully saturated rings. The molecule has 0 saturated carbocycles. The molecule has 0 spiro atoms. The summed E-state index contributed by atoms with van der Waals surface area (Å²) in [6.45, 7) is 5.42. The Morgan fingerprint density at radius 2 is 1.84 bits per heavy atom. The second-order valence-corrected chi connectivity index (χ2v) is 9.78. The zero-order chi connectivity index (χ0) is 22.5. The van der Waals surface area contributed by atoms with E-state index in [4.69, 9.17) is 4.74 Å². The number of carbonyl (C=O) groups is 1. The van der Waals surface area contributed by atoms with E-state index in [9.17, 15) is 14.9 Å². The first kappa shape index (κ1) is 24.0. The van der Waals surface area contributed by atoms with Crippen LogP contribution in [0.2, 0.25) is 0 Å². The van der Waals surface area contributed by atoms with Crippen molar-refractivity contribution < 1.29 is 14.5 Å². The molecule has 2 aromatic carbocycles. The van der Waals surface area contributed by atoms with Gasteiger partial charge in [-0.25, -0.2) is 0 Å². The molecule has 0 bridgehead atoms. The van der Waals surface area contributed by atoms with Gasteiger partial charge in [-0.3, -0.25) is 24.8 Å². The van der Waals surface area contributed by atoms with Gasteiger partial charge in [0.1, 0.15) is 12.4 Å². The molecule has 162 valence electrons. The Hall–Kier alpha value is -1.67. The number of halogens is 2. The second-order valence-electron chi connectivity index (χ2n) is 6.44. The van der Waals surface area contributed by atoms with E-state index < -0.39 is 4.92 Å². The van der Waals surface area contributed by atoms with Gasteiger partial charge in [0.2, 0.25) is 0 Å². The average molecular weight is 663 g/mol. The maximum Gasteiger partial charge on any atom is 0.269 e. The molecule has 7 nitrogen and oxygen atoms in total. The highest BCUT2D eigenvalue weighted by atomic mass is 127. The fourth-order valence-electron chi connectivity index (χ4n) is 2.86. The maximum atomic E-state index is 12.7. The van der Waals surface area contributed by atoms with Gasteiger partial charge in [0.25, 0.3) is 11.6 Å². The van der Waals surface area contributed by atoms with Crippen molar-refractivity contribution in [3.05, 3.63) is 69.7 Å². The number of non-ortho nitro benzene ring substituents is 1. The van der Waals surface area contributed by atoms with Crippen LogP contribution < -0.4 is 4.74 Å². The molecule has 0 N–H and O–H groups in total. The number of likely N-dealkylation sites (N-methyl/N-ethyl adjacent to an activating group) is 1. The van der Waals surface area contributed by atoms with Crippen LogP contribution in [0.25, 0.3) is 6.08 Å². The van der Waals surface area contributed by atoms with E-state index in [2.05, 4.69) is 50.2 Å². The van der Waals surface area contributed by atoms with E-state index in [-0.39, 0.29) is 11.6 Å². The number of ether oxygens (including phenoxy) is 1. The Labute approximate surface area is 211 Å². The number of aliphatic imine (C=N–C) groups is 1. The van der Waals surface area contributed by atoms with Crippen molar-refractivity contribution >= 4 is 79.8 Å². The van der Waals surface area contributed by atoms with Gasteiger partial charge < -0.3 is 4.74 Å². The van der Waals surface area contributed by atoms with E-state index in [1.807, 2.05) is 32.1 Å². The molecule has 10 heteroatoms. The Bertz CT molecular complexity index is 1050. The fourth-order valence-corrected chi connectivity index (χ4v) is 6.09. The molecule has 0 unspecified atom stereocenters. The number of nitro benzene ring substituents is 1. The SMILES string of the molecule is CCN=C1S/C(=C/c2cc(I)c(OCc3ccc([N+](=O)[O-])cc3)c(I)c2)C(=O)N1CC. The van der Waals surface area contributed by atoms with Gasteiger partial charge in [-0.05, 0) is 112 Å². The number of rotatable bonds is 7. The van der Waals surface area contributed by atoms with Gasteiger partial charge in [0, 0.05) is 25.2 Å². The van der Waals surface area contributed by atoms with E-state index in [1.165, 1.54) is 23.9 Å². The molecule has 1 amide bonds. The Balaban J connectivity index is 1.77. The van der Waals surface area contributed by atoms with Gasteiger partial charge in [-0.15, -0.1) is 0 Å². The van der Waals surface area contributed by atoms with Crippen LogP contribution in [0, 0.1) is 17.3 Å². The van der Waals surface area contributed by atoms with Crippen molar-refractivity contribution in [3.63, 3.8) is 0 Å². The molecule has 1 saturated heterocycles. The first-order valence-corrected chi connectivity index (χ1v) is 12.4. The lowest BCUT2D eigenvalue weighted by molar-refractivity contribution is -0.384. The van der Waals surface area contributed by atoms with Crippen molar-refractivity contribution in [1.82, 2.24) is 4.90 Å². The van der Waals surface area contributed by atoms with E-state index >= 15 is 0 Å². The standard InChI is InChI=1S/C21H19I2N3O4S/c1-3-24-21-25(4-2)20(27)18(31-21)11-14-9-16(22)19(17(23)10-14)30-12-13-5-7-15(8-6-13)26(28)29/h5-11H,3-4,12H2,1-2H3/b18-11+,24-21?. The maximum absolute atomic E-state index is 12.7. The van der Waals surface area contributed by atoms with Crippen LogP contribution in [-0.4, -0.2) is 34.0 Å². The van der Waals surface area contributed by atoms with E-state index in [0.29, 0.717) is 24.6 Å². The zero-order valence-corrected chi connectivity index (χ0v) is 21.9. The molecular formula is C21H19I2N3O4S. The molecule has 31 heavy (non-hydrogen) atoms. The Morgan fingerprint density at radius 3 is 2.39 bits per heavy atom. The minimum Gasteiger partial charge on any atom is -0.487 e. The highest BCUT2D eigenvalue weighted by Gasteiger charge is 2.31. The molecule has 3 rings (SSSR count). The molecular weight excluding hydrogens is 644 g/mol. The minimum atomic E-state index is -0.423. The molecule has 0 aromatic heterocycles. The molecule has 2 aromatic rings. The van der Waals surface area contributed by atoms with Crippen LogP contribution in [0.5, 0.6) is 5.75 Å². The normalized spacial score (nSPS) is 16.4. The van der Waals surface area contributed by atoms with Gasteiger partial charge >= 0.3 is 0 Å². The largest absolute Gasteiger partial charge is 0.487 e. The summed E-state index contributed by atoms with van der Waals surface area (Å²) < 4.78 is 7.82. The molecule has 0 atom stereocenters. The fraction of sp³-hybridized carbons (Fsp3) is 0.238. The van der Waals surface area contributed by atoms with Crippen LogP contribution in [0.1, 0.15) is 25.0 Å². The highest BCUT2D eigenvalue weighted by Crippen LogP contribution is 2.35. The van der Waals surface area contributed by atoms with Crippen molar-refractivity contribution in [2.45, 2.75) is 20.5 Å². The number of amidine groups is 1. The number of hydrogen-bond acceptors (Lipinski definition) is 6. The van der Waals surface area contributed by atoms with Gasteiger partial charge in [0.15, 0.2) is 5.17 Å². The van der Waals surface area contributed by atoms with E-state index in [0.717, 1.165) is 29.2 Å². The quantitative estimate of drug-likeness (QED) is 0.165. The highest BCUT2D eigenvalue weighted by molar-refractivity contribution is 14.1. The van der Waals surface area contributed by atoms with Crippen molar-refractivity contribution in [2.75, 3.05) is 13.1 Å². The lowest BCUT2D eigenvalue weighted by Crippen LogP contribution is -2.28. The number of carbonyl (C=O) groups excluding carboxylic acids is 1. The second kappa shape index (κ2) is 10.8. The average Bonchev–Trinajstić information content (AvgIpc) is 3.02. The van der Waals surface area contributed by atoms with Crippen LogP contribution in [0.15, 0.2) is 46.3 Å². The Kier molecular flexibility index (Phi) is 8.33. The third-order valence-corrected chi connectivity index (χ3v) is 6.99. The first-order chi connectivity index (χ1) is 14.8. The van der Waals surface area contributed by atoms with Crippen LogP contribution in [0.4, 0.5) is 5.69 Å². The summed E-state index contributed by atoms with van der Waals surface area (Å²) in [5, 5.41) is 11.5. The summed E-state index contributed by atoms with van der Waals surface area (Å²) >= 11 is 5.83. The predicted octanol–water partition coefficient (Wildman–Crippen LogP) is 5.70. The monoisotopic (exact) mass is 663 g/mol. The number of amides is 1. The lowest BCUT2D eigenvalue weighted by atomic mass is 10.2. The van der Waals surface area contributed by atoms with Crippen molar-refractivity contribution in [3.8, 4) is 5.75 Å². The van der Waals surface area contributed by atoms with Gasteiger partial charge in [-0.1, -0.05) is 0 Å². The minimum absolute atomic E-state index is 0.0248. The number of benzene rings is 2. The number of thioether (sulfide) groups is 1. The van der Waals surface area contributed by atoms with E-state index in [1.54, 1.807) is 17.0 Å². The summed E-state index contributed by atoms with van der Waals surface area (Å²) in [5.74, 6) is 0.721. The summed E-state index contributed by atoms with van der Waals surface area (Å²) in [4.78, 5) is 29.8. The summed E-state index contributed by atoms with van der Waals surface area (Å²) in [6.07, 6.45) is 1.89. The summed E-state index contributed by atoms with van der Waals surface area (Å²) in [7, 11) is 0. The zero-order valence-electron chi connectivity index (χ0n) is 16.8. The molecule has 1 aliphatic heterocycles. The number of nitro groups is 1. The third kappa shape index (κ3) is 5.77. The lowest BCUT2D eigenvalue weighted by Gasteiger charge is -2.12. The molecule has 1 heterocycles. The summed E-state index contributed by atoms with van der Waals surface area (Å²) in [6, 6.07) is 10.3. The number of nitrogens with zero attached hydrogens (tertiary/aromatic N) is 3. The topological polar surface area (TPSA) is 85.0 Å². The summed E-state index contributed by atoms with van der Waals surface area (Å²) in [5.41, 5.74) is 1.82.